The van der Waals surface area contributed by atoms with Crippen LogP contribution >= 0.6 is 0 Å². The molecule has 0 aromatic carbocycles. The van der Waals surface area contributed by atoms with Gasteiger partial charge in [0.1, 0.15) is 5.71 Å². The Bertz CT molecular complexity index is 440. The number of hydrazone groups is 1. The Kier molecular flexibility index (Phi) is 3.76. The van der Waals surface area contributed by atoms with E-state index in [1.165, 1.54) is 30.7 Å². The lowest BCUT2D eigenvalue weighted by Crippen LogP contribution is -2.45. The van der Waals surface area contributed by atoms with Crippen LogP contribution in [0.3, 0.4) is 0 Å². The molecule has 0 radical (unpaired) electrons. The highest BCUT2D eigenvalue weighted by molar-refractivity contribution is 6.39. The number of nitrogens with zero attached hydrogens (tertiary/aromatic N) is 3. The fourth-order valence-electron chi connectivity index (χ4n) is 3.87. The maximum Gasteiger partial charge on any atom is 0.270 e. The van der Waals surface area contributed by atoms with E-state index >= 15 is 0 Å². The molecule has 5 heteroatoms. The third-order valence-corrected chi connectivity index (χ3v) is 4.96. The Morgan fingerprint density at radius 1 is 1.15 bits per heavy atom. The molecule has 2 aliphatic heterocycles. The topological polar surface area (TPSA) is 53.0 Å². The van der Waals surface area contributed by atoms with Crippen LogP contribution in [0.25, 0.3) is 0 Å². The van der Waals surface area contributed by atoms with Gasteiger partial charge in [-0.25, -0.2) is 5.01 Å². The van der Waals surface area contributed by atoms with Crippen molar-refractivity contribution >= 4 is 17.5 Å². The lowest BCUT2D eigenvalue weighted by atomic mass is 9.95. The zero-order valence-electron chi connectivity index (χ0n) is 12.2. The lowest BCUT2D eigenvalue weighted by molar-refractivity contribution is -0.131. The third kappa shape index (κ3) is 2.45. The number of rotatable bonds is 2. The average molecular weight is 277 g/mol. The van der Waals surface area contributed by atoms with E-state index < -0.39 is 0 Å². The van der Waals surface area contributed by atoms with Crippen molar-refractivity contribution in [1.82, 2.24) is 9.91 Å². The summed E-state index contributed by atoms with van der Waals surface area (Å²) in [6.07, 6.45) is 8.29. The van der Waals surface area contributed by atoms with E-state index in [0.29, 0.717) is 30.5 Å². The van der Waals surface area contributed by atoms with E-state index in [1.807, 2.05) is 4.90 Å². The van der Waals surface area contributed by atoms with Crippen molar-refractivity contribution in [1.29, 1.82) is 0 Å². The fraction of sp³-hybridized carbons (Fsp3) is 0.800. The summed E-state index contributed by atoms with van der Waals surface area (Å²) >= 11 is 0. The van der Waals surface area contributed by atoms with Crippen LogP contribution < -0.4 is 0 Å². The van der Waals surface area contributed by atoms with Crippen molar-refractivity contribution in [2.24, 2.45) is 11.0 Å². The minimum atomic E-state index is -0.00434. The fourth-order valence-corrected chi connectivity index (χ4v) is 3.87. The van der Waals surface area contributed by atoms with E-state index in [1.54, 1.807) is 7.05 Å². The number of hydrogen-bond donors (Lipinski definition) is 0. The van der Waals surface area contributed by atoms with Crippen molar-refractivity contribution < 1.29 is 9.59 Å². The summed E-state index contributed by atoms with van der Waals surface area (Å²) in [6.45, 7) is 0.858. The normalized spacial score (nSPS) is 28.1. The Morgan fingerprint density at radius 2 is 1.90 bits per heavy atom. The van der Waals surface area contributed by atoms with Gasteiger partial charge in [0.25, 0.3) is 5.91 Å². The number of carbonyl (C=O) groups is 2. The minimum absolute atomic E-state index is 0.00434. The molecule has 0 spiro atoms. The van der Waals surface area contributed by atoms with Crippen LogP contribution in [0.5, 0.6) is 0 Å². The summed E-state index contributed by atoms with van der Waals surface area (Å²) < 4.78 is 0. The van der Waals surface area contributed by atoms with Gasteiger partial charge in [0, 0.05) is 32.5 Å². The first-order valence-electron chi connectivity index (χ1n) is 7.82. The molecular formula is C15H23N3O2. The van der Waals surface area contributed by atoms with Crippen molar-refractivity contribution in [2.45, 2.75) is 57.4 Å². The van der Waals surface area contributed by atoms with Gasteiger partial charge in [0.15, 0.2) is 0 Å². The molecule has 1 atom stereocenters. The number of hydrogen-bond acceptors (Lipinski definition) is 3. The second-order valence-electron chi connectivity index (χ2n) is 6.22. The highest BCUT2D eigenvalue weighted by atomic mass is 16.2. The lowest BCUT2D eigenvalue weighted by Gasteiger charge is -2.31. The van der Waals surface area contributed by atoms with Crippen LogP contribution in [0.4, 0.5) is 0 Å². The van der Waals surface area contributed by atoms with Crippen LogP contribution in [0, 0.1) is 5.92 Å². The number of likely N-dealkylation sites (tertiary alicyclic amines) is 1. The molecule has 1 saturated heterocycles. The maximum absolute atomic E-state index is 12.7. The molecule has 1 saturated carbocycles. The van der Waals surface area contributed by atoms with Gasteiger partial charge in [-0.05, 0) is 31.6 Å². The van der Waals surface area contributed by atoms with Crippen molar-refractivity contribution in [3.8, 4) is 0 Å². The van der Waals surface area contributed by atoms with Crippen LogP contribution in [-0.2, 0) is 9.59 Å². The molecule has 0 N–H and O–H groups in total. The second kappa shape index (κ2) is 5.54. The second-order valence-corrected chi connectivity index (χ2v) is 6.22. The van der Waals surface area contributed by atoms with Crippen LogP contribution in [-0.4, -0.2) is 47.1 Å². The maximum atomic E-state index is 12.7. The zero-order valence-corrected chi connectivity index (χ0v) is 12.2. The van der Waals surface area contributed by atoms with Gasteiger partial charge in [0.05, 0.1) is 0 Å². The standard InChI is InChI=1S/C15H23N3O2/c1-17-14(19)9-8-12(16-17)15(20)18-10-4-7-13(18)11-5-2-3-6-11/h11,13H,2-10H2,1H3. The first kappa shape index (κ1) is 13.6. The molecule has 1 aliphatic carbocycles. The summed E-state index contributed by atoms with van der Waals surface area (Å²) in [7, 11) is 1.63. The zero-order chi connectivity index (χ0) is 14.1. The van der Waals surface area contributed by atoms with Gasteiger partial charge in [-0.15, -0.1) is 0 Å². The van der Waals surface area contributed by atoms with Crippen LogP contribution in [0.2, 0.25) is 0 Å². The summed E-state index contributed by atoms with van der Waals surface area (Å²) in [5, 5.41) is 5.49. The molecule has 1 unspecified atom stereocenters. The Balaban J connectivity index is 1.72. The largest absolute Gasteiger partial charge is 0.334 e. The molecule has 3 aliphatic rings. The summed E-state index contributed by atoms with van der Waals surface area (Å²) in [4.78, 5) is 26.2. The minimum Gasteiger partial charge on any atom is -0.334 e. The Morgan fingerprint density at radius 3 is 2.60 bits per heavy atom. The quantitative estimate of drug-likeness (QED) is 0.772. The smallest absolute Gasteiger partial charge is 0.270 e. The predicted molar refractivity (Wildman–Crippen MR) is 76.1 cm³/mol. The molecule has 0 aromatic rings. The highest BCUT2D eigenvalue weighted by Gasteiger charge is 2.38. The SMILES string of the molecule is CN1N=C(C(=O)N2CCCC2C2CCCC2)CCC1=O. The predicted octanol–water partition coefficient (Wildman–Crippen LogP) is 1.78. The molecule has 0 bridgehead atoms. The average Bonchev–Trinajstić information content (AvgIpc) is 3.10. The Hall–Kier alpha value is -1.39. The first-order valence-corrected chi connectivity index (χ1v) is 7.82. The van der Waals surface area contributed by atoms with Gasteiger partial charge >= 0.3 is 0 Å². The highest BCUT2D eigenvalue weighted by Crippen LogP contribution is 2.35. The van der Waals surface area contributed by atoms with Gasteiger partial charge in [-0.1, -0.05) is 12.8 Å². The van der Waals surface area contributed by atoms with E-state index in [2.05, 4.69) is 5.10 Å². The van der Waals surface area contributed by atoms with Crippen LogP contribution in [0.1, 0.15) is 51.4 Å². The number of carbonyl (C=O) groups excluding carboxylic acids is 2. The molecule has 5 nitrogen and oxygen atoms in total. The van der Waals surface area contributed by atoms with Gasteiger partial charge in [-0.3, -0.25) is 9.59 Å². The first-order chi connectivity index (χ1) is 9.66. The van der Waals surface area contributed by atoms with Gasteiger partial charge in [0.2, 0.25) is 5.91 Å². The van der Waals surface area contributed by atoms with Crippen molar-refractivity contribution in [3.05, 3.63) is 0 Å². The van der Waals surface area contributed by atoms with Gasteiger partial charge in [-0.2, -0.15) is 5.10 Å². The molecule has 20 heavy (non-hydrogen) atoms. The molecule has 110 valence electrons. The van der Waals surface area contributed by atoms with Crippen molar-refractivity contribution in [3.63, 3.8) is 0 Å². The molecule has 0 aromatic heterocycles. The van der Waals surface area contributed by atoms with Crippen molar-refractivity contribution in [2.75, 3.05) is 13.6 Å². The molecule has 3 rings (SSSR count). The van der Waals surface area contributed by atoms with Gasteiger partial charge < -0.3 is 4.90 Å². The summed E-state index contributed by atoms with van der Waals surface area (Å²) in [5.41, 5.74) is 0.567. The molecule has 2 amide bonds. The molecule has 2 heterocycles. The number of amides is 2. The molecular weight excluding hydrogens is 254 g/mol. The van der Waals surface area contributed by atoms with E-state index in [4.69, 9.17) is 0 Å². The molecule has 2 fully saturated rings. The van der Waals surface area contributed by atoms with E-state index in [-0.39, 0.29) is 11.8 Å². The van der Waals surface area contributed by atoms with Crippen LogP contribution in [0.15, 0.2) is 5.10 Å². The van der Waals surface area contributed by atoms with E-state index in [0.717, 1.165) is 19.4 Å². The van der Waals surface area contributed by atoms with E-state index in [9.17, 15) is 9.59 Å². The Labute approximate surface area is 120 Å². The third-order valence-electron chi connectivity index (χ3n) is 4.96. The summed E-state index contributed by atoms with van der Waals surface area (Å²) in [5.74, 6) is 0.749. The summed E-state index contributed by atoms with van der Waals surface area (Å²) in [6, 6.07) is 0.413. The monoisotopic (exact) mass is 277 g/mol.